The first-order valence-electron chi connectivity index (χ1n) is 6.47. The minimum absolute atomic E-state index is 0.179. The number of carboxylic acids is 1. The molecule has 0 amide bonds. The van der Waals surface area contributed by atoms with Crippen LogP contribution in [0.5, 0.6) is 0 Å². The van der Waals surface area contributed by atoms with Crippen LogP contribution in [0.2, 0.25) is 0 Å². The second-order valence-corrected chi connectivity index (χ2v) is 4.78. The summed E-state index contributed by atoms with van der Waals surface area (Å²) in [6, 6.07) is 0.423. The van der Waals surface area contributed by atoms with Gasteiger partial charge in [-0.3, -0.25) is 4.79 Å². The Kier molecular flexibility index (Phi) is 6.47. The highest BCUT2D eigenvalue weighted by molar-refractivity contribution is 5.67. The molecule has 1 aliphatic heterocycles. The SMILES string of the molecule is CCCN1CCC(NCC(O)CC(=O)O)CC1. The van der Waals surface area contributed by atoms with Gasteiger partial charge < -0.3 is 20.4 Å². The van der Waals surface area contributed by atoms with E-state index in [1.165, 1.54) is 6.42 Å². The van der Waals surface area contributed by atoms with Gasteiger partial charge in [-0.1, -0.05) is 6.92 Å². The molecular weight excluding hydrogens is 220 g/mol. The summed E-state index contributed by atoms with van der Waals surface area (Å²) in [5, 5.41) is 21.2. The zero-order valence-corrected chi connectivity index (χ0v) is 10.6. The van der Waals surface area contributed by atoms with Crippen molar-refractivity contribution < 1.29 is 15.0 Å². The van der Waals surface area contributed by atoms with E-state index >= 15 is 0 Å². The molecular formula is C12H24N2O3. The standard InChI is InChI=1S/C12H24N2O3/c1-2-5-14-6-3-10(4-7-14)13-9-11(15)8-12(16)17/h10-11,13,15H,2-9H2,1H3,(H,16,17). The lowest BCUT2D eigenvalue weighted by molar-refractivity contribution is -0.139. The van der Waals surface area contributed by atoms with E-state index in [0.717, 1.165) is 32.5 Å². The van der Waals surface area contributed by atoms with Crippen LogP contribution < -0.4 is 5.32 Å². The number of carbonyl (C=O) groups is 1. The molecule has 0 aromatic heterocycles. The number of rotatable bonds is 7. The van der Waals surface area contributed by atoms with E-state index in [4.69, 9.17) is 5.11 Å². The summed E-state index contributed by atoms with van der Waals surface area (Å²) < 4.78 is 0. The van der Waals surface area contributed by atoms with Crippen LogP contribution in [0.25, 0.3) is 0 Å². The molecule has 0 aliphatic carbocycles. The van der Waals surface area contributed by atoms with E-state index in [2.05, 4.69) is 17.1 Å². The molecule has 0 saturated carbocycles. The predicted octanol–water partition coefficient (Wildman–Crippen LogP) is 0.286. The Balaban J connectivity index is 2.11. The Morgan fingerprint density at radius 3 is 2.65 bits per heavy atom. The summed E-state index contributed by atoms with van der Waals surface area (Å²) in [5.41, 5.74) is 0. The number of hydrogen-bond donors (Lipinski definition) is 3. The second-order valence-electron chi connectivity index (χ2n) is 4.78. The number of hydrogen-bond acceptors (Lipinski definition) is 4. The molecule has 17 heavy (non-hydrogen) atoms. The van der Waals surface area contributed by atoms with Crippen molar-refractivity contribution in [3.05, 3.63) is 0 Å². The number of aliphatic hydroxyl groups is 1. The lowest BCUT2D eigenvalue weighted by Crippen LogP contribution is -2.45. The van der Waals surface area contributed by atoms with Gasteiger partial charge in [0.1, 0.15) is 0 Å². The number of likely N-dealkylation sites (tertiary alicyclic amines) is 1. The lowest BCUT2D eigenvalue weighted by atomic mass is 10.0. The third kappa shape index (κ3) is 6.00. The molecule has 5 nitrogen and oxygen atoms in total. The average molecular weight is 244 g/mol. The molecule has 0 aromatic carbocycles. The molecule has 0 bridgehead atoms. The van der Waals surface area contributed by atoms with E-state index in [1.807, 2.05) is 0 Å². The van der Waals surface area contributed by atoms with Gasteiger partial charge in [-0.2, -0.15) is 0 Å². The van der Waals surface area contributed by atoms with Crippen LogP contribution in [0, 0.1) is 0 Å². The van der Waals surface area contributed by atoms with E-state index in [9.17, 15) is 9.90 Å². The fraction of sp³-hybridized carbons (Fsp3) is 0.917. The molecule has 0 radical (unpaired) electrons. The van der Waals surface area contributed by atoms with Crippen molar-refractivity contribution in [2.75, 3.05) is 26.2 Å². The molecule has 1 fully saturated rings. The summed E-state index contributed by atoms with van der Waals surface area (Å²) in [4.78, 5) is 12.8. The maximum absolute atomic E-state index is 10.4. The molecule has 100 valence electrons. The summed E-state index contributed by atoms with van der Waals surface area (Å²) >= 11 is 0. The summed E-state index contributed by atoms with van der Waals surface area (Å²) in [6.07, 6.45) is 2.40. The highest BCUT2D eigenvalue weighted by Crippen LogP contribution is 2.10. The zero-order valence-electron chi connectivity index (χ0n) is 10.6. The first-order chi connectivity index (χ1) is 8.11. The van der Waals surface area contributed by atoms with Crippen LogP contribution >= 0.6 is 0 Å². The van der Waals surface area contributed by atoms with Crippen LogP contribution in [0.4, 0.5) is 0 Å². The Morgan fingerprint density at radius 2 is 2.12 bits per heavy atom. The molecule has 0 aromatic rings. The highest BCUT2D eigenvalue weighted by Gasteiger charge is 2.19. The quantitative estimate of drug-likeness (QED) is 0.600. The highest BCUT2D eigenvalue weighted by atomic mass is 16.4. The van der Waals surface area contributed by atoms with Crippen molar-refractivity contribution in [2.24, 2.45) is 0 Å². The van der Waals surface area contributed by atoms with Crippen LogP contribution in [0.15, 0.2) is 0 Å². The number of aliphatic carboxylic acids is 1. The zero-order chi connectivity index (χ0) is 12.7. The van der Waals surface area contributed by atoms with Gasteiger partial charge in [0.05, 0.1) is 12.5 Å². The third-order valence-corrected chi connectivity index (χ3v) is 3.18. The van der Waals surface area contributed by atoms with Gasteiger partial charge in [-0.25, -0.2) is 0 Å². The lowest BCUT2D eigenvalue weighted by Gasteiger charge is -2.32. The monoisotopic (exact) mass is 244 g/mol. The summed E-state index contributed by atoms with van der Waals surface area (Å²) in [5.74, 6) is -0.947. The molecule has 1 atom stereocenters. The third-order valence-electron chi connectivity index (χ3n) is 3.18. The minimum atomic E-state index is -0.947. The normalized spacial score (nSPS) is 20.4. The van der Waals surface area contributed by atoms with Crippen LogP contribution in [-0.2, 0) is 4.79 Å². The van der Waals surface area contributed by atoms with E-state index in [0.29, 0.717) is 12.6 Å². The molecule has 1 saturated heterocycles. The van der Waals surface area contributed by atoms with Crippen LogP contribution in [-0.4, -0.2) is 59.4 Å². The Labute approximate surface area is 103 Å². The van der Waals surface area contributed by atoms with Crippen molar-refractivity contribution in [2.45, 2.75) is 44.8 Å². The fourth-order valence-corrected chi connectivity index (χ4v) is 2.25. The van der Waals surface area contributed by atoms with Gasteiger partial charge >= 0.3 is 5.97 Å². The van der Waals surface area contributed by atoms with Crippen molar-refractivity contribution in [1.29, 1.82) is 0 Å². The smallest absolute Gasteiger partial charge is 0.306 e. The Hall–Kier alpha value is -0.650. The summed E-state index contributed by atoms with van der Waals surface area (Å²) in [7, 11) is 0. The topological polar surface area (TPSA) is 72.8 Å². The number of nitrogens with zero attached hydrogens (tertiary/aromatic N) is 1. The Morgan fingerprint density at radius 1 is 1.47 bits per heavy atom. The molecule has 1 unspecified atom stereocenters. The summed E-state index contributed by atoms with van der Waals surface area (Å²) in [6.45, 7) is 5.92. The first kappa shape index (κ1) is 14.4. The van der Waals surface area contributed by atoms with Crippen molar-refractivity contribution in [1.82, 2.24) is 10.2 Å². The van der Waals surface area contributed by atoms with Gasteiger partial charge in [-0.05, 0) is 38.9 Å². The Bertz CT molecular complexity index is 228. The van der Waals surface area contributed by atoms with Gasteiger partial charge in [0.25, 0.3) is 0 Å². The number of aliphatic hydroxyl groups excluding tert-OH is 1. The number of carboxylic acid groups (broad SMARTS) is 1. The van der Waals surface area contributed by atoms with Crippen LogP contribution in [0.3, 0.4) is 0 Å². The minimum Gasteiger partial charge on any atom is -0.481 e. The second kappa shape index (κ2) is 7.63. The van der Waals surface area contributed by atoms with Crippen molar-refractivity contribution in [3.63, 3.8) is 0 Å². The van der Waals surface area contributed by atoms with Crippen LogP contribution in [0.1, 0.15) is 32.6 Å². The maximum Gasteiger partial charge on any atom is 0.306 e. The molecule has 5 heteroatoms. The number of piperidine rings is 1. The predicted molar refractivity (Wildman–Crippen MR) is 66.0 cm³/mol. The molecule has 1 rings (SSSR count). The largest absolute Gasteiger partial charge is 0.481 e. The molecule has 3 N–H and O–H groups in total. The van der Waals surface area contributed by atoms with E-state index in [-0.39, 0.29) is 6.42 Å². The van der Waals surface area contributed by atoms with E-state index < -0.39 is 12.1 Å². The molecule has 0 spiro atoms. The fourth-order valence-electron chi connectivity index (χ4n) is 2.25. The average Bonchev–Trinajstić information content (AvgIpc) is 2.28. The maximum atomic E-state index is 10.4. The van der Waals surface area contributed by atoms with Gasteiger partial charge in [0.15, 0.2) is 0 Å². The molecule has 1 aliphatic rings. The van der Waals surface area contributed by atoms with Gasteiger partial charge in [0.2, 0.25) is 0 Å². The number of nitrogens with one attached hydrogen (secondary N) is 1. The molecule has 1 heterocycles. The van der Waals surface area contributed by atoms with Crippen molar-refractivity contribution in [3.8, 4) is 0 Å². The first-order valence-corrected chi connectivity index (χ1v) is 6.47. The van der Waals surface area contributed by atoms with E-state index in [1.54, 1.807) is 0 Å². The van der Waals surface area contributed by atoms with Gasteiger partial charge in [0, 0.05) is 12.6 Å². The van der Waals surface area contributed by atoms with Crippen molar-refractivity contribution >= 4 is 5.97 Å². The van der Waals surface area contributed by atoms with Gasteiger partial charge in [-0.15, -0.1) is 0 Å².